The van der Waals surface area contributed by atoms with Crippen molar-refractivity contribution in [3.63, 3.8) is 0 Å². The van der Waals surface area contributed by atoms with Crippen LogP contribution in [0.2, 0.25) is 5.02 Å². The minimum Gasteiger partial charge on any atom is -0.398 e. The fraction of sp³-hybridized carbons (Fsp3) is 0.400. The lowest BCUT2D eigenvalue weighted by atomic mass is 10.3. The third-order valence-electron chi connectivity index (χ3n) is 2.07. The van der Waals surface area contributed by atoms with Gasteiger partial charge in [0, 0.05) is 5.02 Å². The molecule has 0 fully saturated rings. The van der Waals surface area contributed by atoms with Crippen LogP contribution in [0.3, 0.4) is 0 Å². The molecule has 0 aliphatic carbocycles. The number of anilines is 1. The highest BCUT2D eigenvalue weighted by atomic mass is 35.5. The van der Waals surface area contributed by atoms with Crippen molar-refractivity contribution in [2.24, 2.45) is 0 Å². The summed E-state index contributed by atoms with van der Waals surface area (Å²) in [7, 11) is -3.25. The van der Waals surface area contributed by atoms with Crippen molar-refractivity contribution < 1.29 is 8.42 Å². The molecule has 0 aliphatic heterocycles. The summed E-state index contributed by atoms with van der Waals surface area (Å²) in [6.45, 7) is 1.95. The highest BCUT2D eigenvalue weighted by molar-refractivity contribution is 7.91. The van der Waals surface area contributed by atoms with Gasteiger partial charge in [0.2, 0.25) is 0 Å². The maximum atomic E-state index is 11.8. The number of hydrogen-bond donors (Lipinski definition) is 1. The van der Waals surface area contributed by atoms with E-state index in [0.717, 1.165) is 6.42 Å². The van der Waals surface area contributed by atoms with Crippen LogP contribution in [0.1, 0.15) is 19.8 Å². The van der Waals surface area contributed by atoms with E-state index < -0.39 is 9.84 Å². The Morgan fingerprint density at radius 3 is 2.60 bits per heavy atom. The molecule has 0 aromatic heterocycles. The van der Waals surface area contributed by atoms with Crippen LogP contribution in [0.4, 0.5) is 5.69 Å². The second-order valence-electron chi connectivity index (χ2n) is 3.35. The summed E-state index contributed by atoms with van der Waals surface area (Å²) in [5, 5.41) is 0.446. The maximum Gasteiger partial charge on any atom is 0.180 e. The van der Waals surface area contributed by atoms with Gasteiger partial charge in [-0.1, -0.05) is 24.9 Å². The van der Waals surface area contributed by atoms with Gasteiger partial charge in [-0.3, -0.25) is 0 Å². The van der Waals surface area contributed by atoms with E-state index >= 15 is 0 Å². The molecule has 0 heterocycles. The van der Waals surface area contributed by atoms with Crippen molar-refractivity contribution in [3.05, 3.63) is 23.2 Å². The predicted molar refractivity (Wildman–Crippen MR) is 62.8 cm³/mol. The van der Waals surface area contributed by atoms with Gasteiger partial charge in [-0.2, -0.15) is 0 Å². The lowest BCUT2D eigenvalue weighted by Gasteiger charge is -2.06. The Morgan fingerprint density at radius 2 is 2.07 bits per heavy atom. The van der Waals surface area contributed by atoms with Crippen LogP contribution in [-0.2, 0) is 9.84 Å². The summed E-state index contributed by atoms with van der Waals surface area (Å²) in [5.41, 5.74) is 5.84. The summed E-state index contributed by atoms with van der Waals surface area (Å²) in [4.78, 5) is 0.181. The molecule has 0 bridgehead atoms. The SMILES string of the molecule is CCCCS(=O)(=O)c1ccc(Cl)cc1N. The van der Waals surface area contributed by atoms with Crippen LogP contribution in [-0.4, -0.2) is 14.2 Å². The fourth-order valence-electron chi connectivity index (χ4n) is 1.25. The minimum absolute atomic E-state index is 0.134. The van der Waals surface area contributed by atoms with E-state index in [1.54, 1.807) is 0 Å². The molecule has 0 saturated heterocycles. The Kier molecular flexibility index (Phi) is 3.99. The van der Waals surface area contributed by atoms with Gasteiger partial charge in [-0.25, -0.2) is 8.42 Å². The molecule has 3 nitrogen and oxygen atoms in total. The first-order chi connectivity index (χ1) is 6.97. The quantitative estimate of drug-likeness (QED) is 0.832. The van der Waals surface area contributed by atoms with Gasteiger partial charge in [0.05, 0.1) is 16.3 Å². The zero-order valence-electron chi connectivity index (χ0n) is 8.53. The van der Waals surface area contributed by atoms with Crippen LogP contribution >= 0.6 is 11.6 Å². The number of halogens is 1. The summed E-state index contributed by atoms with van der Waals surface area (Å²) >= 11 is 5.70. The van der Waals surface area contributed by atoms with Gasteiger partial charge in [0.25, 0.3) is 0 Å². The first-order valence-corrected chi connectivity index (χ1v) is 6.78. The largest absolute Gasteiger partial charge is 0.398 e. The molecule has 1 rings (SSSR count). The molecular weight excluding hydrogens is 234 g/mol. The van der Waals surface area contributed by atoms with Crippen molar-refractivity contribution in [1.29, 1.82) is 0 Å². The van der Waals surface area contributed by atoms with E-state index in [9.17, 15) is 8.42 Å². The molecule has 0 unspecified atom stereocenters. The summed E-state index contributed by atoms with van der Waals surface area (Å²) < 4.78 is 23.6. The molecule has 15 heavy (non-hydrogen) atoms. The van der Waals surface area contributed by atoms with Gasteiger partial charge in [-0.05, 0) is 24.6 Å². The van der Waals surface area contributed by atoms with Crippen LogP contribution in [0, 0.1) is 0 Å². The lowest BCUT2D eigenvalue weighted by Crippen LogP contribution is -2.09. The average molecular weight is 248 g/mol. The van der Waals surface area contributed by atoms with Crippen molar-refractivity contribution in [3.8, 4) is 0 Å². The second-order valence-corrected chi connectivity index (χ2v) is 5.87. The Morgan fingerprint density at radius 1 is 1.40 bits per heavy atom. The van der Waals surface area contributed by atoms with Crippen LogP contribution in [0.15, 0.2) is 23.1 Å². The molecule has 5 heteroatoms. The lowest BCUT2D eigenvalue weighted by molar-refractivity contribution is 0.593. The number of hydrogen-bond acceptors (Lipinski definition) is 3. The standard InChI is InChI=1S/C10H14ClNO2S/c1-2-3-6-15(13,14)10-5-4-8(11)7-9(10)12/h4-5,7H,2-3,6,12H2,1H3. The number of rotatable bonds is 4. The highest BCUT2D eigenvalue weighted by Crippen LogP contribution is 2.23. The number of benzene rings is 1. The van der Waals surface area contributed by atoms with Crippen molar-refractivity contribution in [2.75, 3.05) is 11.5 Å². The van der Waals surface area contributed by atoms with Gasteiger partial charge in [-0.15, -0.1) is 0 Å². The summed E-state index contributed by atoms with van der Waals surface area (Å²) in [6.07, 6.45) is 1.48. The number of unbranched alkanes of at least 4 members (excludes halogenated alkanes) is 1. The highest BCUT2D eigenvalue weighted by Gasteiger charge is 2.16. The van der Waals surface area contributed by atoms with Crippen LogP contribution in [0.5, 0.6) is 0 Å². The van der Waals surface area contributed by atoms with Crippen LogP contribution in [0.25, 0.3) is 0 Å². The molecule has 0 atom stereocenters. The van der Waals surface area contributed by atoms with E-state index in [2.05, 4.69) is 0 Å². The third kappa shape index (κ3) is 3.11. The van der Waals surface area contributed by atoms with Crippen molar-refractivity contribution in [2.45, 2.75) is 24.7 Å². The Balaban J connectivity index is 3.05. The molecule has 2 N–H and O–H groups in total. The van der Waals surface area contributed by atoms with E-state index in [0.29, 0.717) is 11.4 Å². The van der Waals surface area contributed by atoms with E-state index in [1.165, 1.54) is 18.2 Å². The van der Waals surface area contributed by atoms with Crippen LogP contribution < -0.4 is 5.73 Å². The minimum atomic E-state index is -3.25. The molecule has 84 valence electrons. The monoisotopic (exact) mass is 247 g/mol. The number of nitrogens with two attached hydrogens (primary N) is 1. The predicted octanol–water partition coefficient (Wildman–Crippen LogP) is 2.50. The van der Waals surface area contributed by atoms with Crippen molar-refractivity contribution in [1.82, 2.24) is 0 Å². The zero-order valence-corrected chi connectivity index (χ0v) is 10.1. The van der Waals surface area contributed by atoms with Gasteiger partial charge < -0.3 is 5.73 Å². The molecule has 1 aromatic carbocycles. The molecule has 0 saturated carbocycles. The molecule has 0 aliphatic rings. The third-order valence-corrected chi connectivity index (χ3v) is 4.18. The average Bonchev–Trinajstić information content (AvgIpc) is 2.14. The Labute approximate surface area is 95.2 Å². The van der Waals surface area contributed by atoms with Crippen molar-refractivity contribution >= 4 is 27.1 Å². The smallest absolute Gasteiger partial charge is 0.180 e. The first-order valence-electron chi connectivity index (χ1n) is 4.75. The maximum absolute atomic E-state index is 11.8. The Bertz CT molecular complexity index is 443. The van der Waals surface area contributed by atoms with E-state index in [4.69, 9.17) is 17.3 Å². The number of nitrogen functional groups attached to an aromatic ring is 1. The van der Waals surface area contributed by atoms with Gasteiger partial charge in [0.15, 0.2) is 9.84 Å². The Hall–Kier alpha value is -0.740. The van der Waals surface area contributed by atoms with E-state index in [1.807, 2.05) is 6.92 Å². The van der Waals surface area contributed by atoms with Gasteiger partial charge >= 0.3 is 0 Å². The summed E-state index contributed by atoms with van der Waals surface area (Å²) in [5.74, 6) is 0.134. The number of sulfone groups is 1. The molecule has 0 amide bonds. The van der Waals surface area contributed by atoms with Gasteiger partial charge in [0.1, 0.15) is 0 Å². The zero-order chi connectivity index (χ0) is 11.5. The molecule has 0 spiro atoms. The fourth-order valence-corrected chi connectivity index (χ4v) is 3.01. The molecular formula is C10H14ClNO2S. The molecule has 0 radical (unpaired) electrons. The second kappa shape index (κ2) is 4.86. The molecule has 1 aromatic rings. The van der Waals surface area contributed by atoms with E-state index in [-0.39, 0.29) is 16.3 Å². The normalized spacial score (nSPS) is 11.6. The summed E-state index contributed by atoms with van der Waals surface area (Å²) in [6, 6.07) is 4.46. The topological polar surface area (TPSA) is 60.2 Å². The first kappa shape index (κ1) is 12.3.